The van der Waals surface area contributed by atoms with Crippen LogP contribution < -0.4 is 5.32 Å². The molecule has 0 unspecified atom stereocenters. The highest BCUT2D eigenvalue weighted by Crippen LogP contribution is 2.35. The minimum Gasteiger partial charge on any atom is -0.507 e. The summed E-state index contributed by atoms with van der Waals surface area (Å²) in [7, 11) is 0. The zero-order valence-electron chi connectivity index (χ0n) is 15.0. The van der Waals surface area contributed by atoms with Gasteiger partial charge in [-0.05, 0) is 48.9 Å². The van der Waals surface area contributed by atoms with Crippen LogP contribution in [0, 0.1) is 6.92 Å². The fourth-order valence-corrected chi connectivity index (χ4v) is 3.48. The van der Waals surface area contributed by atoms with Crippen LogP contribution in [0.2, 0.25) is 0 Å². The van der Waals surface area contributed by atoms with Crippen molar-refractivity contribution in [2.75, 3.05) is 11.1 Å². The Morgan fingerprint density at radius 2 is 2.00 bits per heavy atom. The van der Waals surface area contributed by atoms with Crippen molar-refractivity contribution in [2.45, 2.75) is 11.8 Å². The third kappa shape index (κ3) is 3.84. The number of nitrogens with zero attached hydrogens (tertiary/aromatic N) is 2. The molecule has 0 bridgehead atoms. The second-order valence-electron chi connectivity index (χ2n) is 6.18. The predicted octanol–water partition coefficient (Wildman–Crippen LogP) is 4.63. The molecule has 4 rings (SSSR count). The number of phenolic OH excluding ortho intramolecular Hbond substituents is 1. The van der Waals surface area contributed by atoms with Gasteiger partial charge in [0.25, 0.3) is 0 Å². The maximum absolute atomic E-state index is 12.3. The number of carbonyl (C=O) groups excluding carboxylic acids is 1. The summed E-state index contributed by atoms with van der Waals surface area (Å²) in [5.41, 5.74) is 2.58. The number of pyridine rings is 1. The Hall–Kier alpha value is -3.32. The molecular formula is C21H17N3O3S. The minimum atomic E-state index is -0.135. The summed E-state index contributed by atoms with van der Waals surface area (Å²) >= 11 is 1.46. The fourth-order valence-electron chi connectivity index (χ4n) is 2.76. The predicted molar refractivity (Wildman–Crippen MR) is 109 cm³/mol. The number of fused-ring (bicyclic) bond motifs is 1. The van der Waals surface area contributed by atoms with E-state index in [-0.39, 0.29) is 23.3 Å². The fraction of sp³-hybridized carbons (Fsp3) is 0.0952. The first kappa shape index (κ1) is 18.1. The first-order chi connectivity index (χ1) is 13.6. The topological polar surface area (TPSA) is 88.3 Å². The Labute approximate surface area is 165 Å². The van der Waals surface area contributed by atoms with Crippen molar-refractivity contribution in [2.24, 2.45) is 0 Å². The maximum Gasteiger partial charge on any atom is 0.234 e. The molecule has 28 heavy (non-hydrogen) atoms. The molecule has 0 fully saturated rings. The number of anilines is 1. The van der Waals surface area contributed by atoms with Gasteiger partial charge in [0.15, 0.2) is 11.2 Å². The van der Waals surface area contributed by atoms with Gasteiger partial charge in [-0.3, -0.25) is 4.79 Å². The Bertz CT molecular complexity index is 1110. The molecule has 2 N–H and O–H groups in total. The molecule has 1 amide bonds. The number of carbonyl (C=O) groups is 1. The lowest BCUT2D eigenvalue weighted by molar-refractivity contribution is -0.113. The van der Waals surface area contributed by atoms with E-state index in [4.69, 9.17) is 4.42 Å². The highest BCUT2D eigenvalue weighted by atomic mass is 32.2. The molecule has 6 nitrogen and oxygen atoms in total. The molecule has 0 atom stereocenters. The molecule has 7 heteroatoms. The lowest BCUT2D eigenvalue weighted by Gasteiger charge is -2.10. The van der Waals surface area contributed by atoms with Gasteiger partial charge in [-0.15, -0.1) is 11.8 Å². The van der Waals surface area contributed by atoms with Gasteiger partial charge in [0.05, 0.1) is 11.3 Å². The summed E-state index contributed by atoms with van der Waals surface area (Å²) in [5.74, 6) is 0.461. The van der Waals surface area contributed by atoms with Gasteiger partial charge in [0.2, 0.25) is 11.8 Å². The van der Waals surface area contributed by atoms with Crippen LogP contribution in [0.4, 0.5) is 5.69 Å². The minimum absolute atomic E-state index is 0.0585. The average Bonchev–Trinajstić information content (AvgIpc) is 3.14. The number of aromatic nitrogens is 2. The number of phenols is 1. The SMILES string of the molecule is Cc1cc(NC(=O)CSc2ccccc2)cc(-c2nc3ncccc3o2)c1O. The molecule has 0 saturated heterocycles. The van der Waals surface area contributed by atoms with Crippen LogP contribution in [0.3, 0.4) is 0 Å². The van der Waals surface area contributed by atoms with Gasteiger partial charge in [0, 0.05) is 16.8 Å². The summed E-state index contributed by atoms with van der Waals surface area (Å²) < 4.78 is 5.70. The van der Waals surface area contributed by atoms with Crippen LogP contribution in [0.15, 0.2) is 70.1 Å². The van der Waals surface area contributed by atoms with Crippen LogP contribution in [-0.2, 0) is 4.79 Å². The van der Waals surface area contributed by atoms with E-state index in [0.717, 1.165) is 4.90 Å². The Morgan fingerprint density at radius 3 is 2.79 bits per heavy atom. The maximum atomic E-state index is 12.3. The Balaban J connectivity index is 1.56. The number of nitrogens with one attached hydrogen (secondary N) is 1. The van der Waals surface area contributed by atoms with E-state index in [1.54, 1.807) is 37.4 Å². The van der Waals surface area contributed by atoms with Crippen LogP contribution in [0.5, 0.6) is 5.75 Å². The summed E-state index contributed by atoms with van der Waals surface area (Å²) in [6.07, 6.45) is 1.63. The number of aromatic hydroxyl groups is 1. The molecule has 0 spiro atoms. The summed E-state index contributed by atoms with van der Waals surface area (Å²) in [4.78, 5) is 21.8. The standard InChI is InChI=1S/C21H17N3O3S/c1-13-10-14(23-18(25)12-28-15-6-3-2-4-7-15)11-16(19(13)26)21-24-20-17(27-21)8-5-9-22-20/h2-11,26H,12H2,1H3,(H,23,25). The number of hydrogen-bond donors (Lipinski definition) is 2. The normalized spacial score (nSPS) is 10.9. The van der Waals surface area contributed by atoms with E-state index >= 15 is 0 Å². The van der Waals surface area contributed by atoms with Crippen molar-refractivity contribution in [3.8, 4) is 17.2 Å². The smallest absolute Gasteiger partial charge is 0.234 e. The van der Waals surface area contributed by atoms with Crippen LogP contribution >= 0.6 is 11.8 Å². The molecule has 0 aliphatic rings. The van der Waals surface area contributed by atoms with Gasteiger partial charge >= 0.3 is 0 Å². The number of amides is 1. The summed E-state index contributed by atoms with van der Waals surface area (Å²) in [6, 6.07) is 16.6. The first-order valence-corrected chi connectivity index (χ1v) is 9.62. The molecule has 2 heterocycles. The van der Waals surface area contributed by atoms with Crippen molar-refractivity contribution in [3.05, 3.63) is 66.4 Å². The second kappa shape index (κ2) is 7.74. The summed E-state index contributed by atoms with van der Waals surface area (Å²) in [5, 5.41) is 13.3. The first-order valence-electron chi connectivity index (χ1n) is 8.63. The Morgan fingerprint density at radius 1 is 1.18 bits per heavy atom. The number of aryl methyl sites for hydroxylation is 1. The number of rotatable bonds is 5. The molecule has 140 valence electrons. The lowest BCUT2D eigenvalue weighted by atomic mass is 10.1. The molecule has 2 aromatic heterocycles. The molecule has 2 aromatic carbocycles. The van der Waals surface area contributed by atoms with Gasteiger partial charge in [-0.2, -0.15) is 4.98 Å². The lowest BCUT2D eigenvalue weighted by Crippen LogP contribution is -2.14. The largest absolute Gasteiger partial charge is 0.507 e. The monoisotopic (exact) mass is 391 g/mol. The van der Waals surface area contributed by atoms with Crippen molar-refractivity contribution in [1.82, 2.24) is 9.97 Å². The van der Waals surface area contributed by atoms with Crippen LogP contribution in [0.25, 0.3) is 22.7 Å². The summed E-state index contributed by atoms with van der Waals surface area (Å²) in [6.45, 7) is 1.76. The van der Waals surface area contributed by atoms with E-state index in [1.165, 1.54) is 11.8 Å². The van der Waals surface area contributed by atoms with Crippen LogP contribution in [-0.4, -0.2) is 26.7 Å². The number of benzene rings is 2. The third-order valence-corrected chi connectivity index (χ3v) is 5.10. The van der Waals surface area contributed by atoms with Gasteiger partial charge in [-0.25, -0.2) is 4.98 Å². The van der Waals surface area contributed by atoms with Crippen molar-refractivity contribution >= 4 is 34.6 Å². The van der Waals surface area contributed by atoms with E-state index in [1.807, 2.05) is 30.3 Å². The second-order valence-corrected chi connectivity index (χ2v) is 7.23. The number of thioether (sulfide) groups is 1. The Kier molecular flexibility index (Phi) is 4.99. The number of oxazole rings is 1. The van der Waals surface area contributed by atoms with Crippen molar-refractivity contribution < 1.29 is 14.3 Å². The van der Waals surface area contributed by atoms with Crippen LogP contribution in [0.1, 0.15) is 5.56 Å². The molecule has 4 aromatic rings. The van der Waals surface area contributed by atoms with Gasteiger partial charge in [0.1, 0.15) is 5.75 Å². The quantitative estimate of drug-likeness (QED) is 0.381. The number of hydrogen-bond acceptors (Lipinski definition) is 6. The molecular weight excluding hydrogens is 374 g/mol. The van der Waals surface area contributed by atoms with Gasteiger partial charge < -0.3 is 14.8 Å². The highest BCUT2D eigenvalue weighted by molar-refractivity contribution is 8.00. The highest BCUT2D eigenvalue weighted by Gasteiger charge is 2.16. The molecule has 0 aliphatic carbocycles. The van der Waals surface area contributed by atoms with E-state index < -0.39 is 0 Å². The van der Waals surface area contributed by atoms with E-state index in [9.17, 15) is 9.90 Å². The zero-order valence-corrected chi connectivity index (χ0v) is 15.9. The molecule has 0 aliphatic heterocycles. The zero-order chi connectivity index (χ0) is 19.5. The molecule has 0 saturated carbocycles. The average molecular weight is 391 g/mol. The van der Waals surface area contributed by atoms with E-state index in [0.29, 0.717) is 28.0 Å². The van der Waals surface area contributed by atoms with Gasteiger partial charge in [-0.1, -0.05) is 18.2 Å². The van der Waals surface area contributed by atoms with Crippen molar-refractivity contribution in [3.63, 3.8) is 0 Å². The van der Waals surface area contributed by atoms with Crippen molar-refractivity contribution in [1.29, 1.82) is 0 Å². The third-order valence-electron chi connectivity index (χ3n) is 4.09. The van der Waals surface area contributed by atoms with E-state index in [2.05, 4.69) is 15.3 Å². The molecule has 0 radical (unpaired) electrons.